The van der Waals surface area contributed by atoms with Gasteiger partial charge in [-0.3, -0.25) is 19.4 Å². The van der Waals surface area contributed by atoms with Gasteiger partial charge in [-0.1, -0.05) is 64.1 Å². The molecule has 60 heavy (non-hydrogen) atoms. The molecule has 0 unspecified atom stereocenters. The molecule has 15 heteroatoms. The zero-order valence-electron chi connectivity index (χ0n) is 36.3. The number of aliphatic hydroxyl groups is 1. The van der Waals surface area contributed by atoms with Crippen molar-refractivity contribution in [2.24, 2.45) is 23.7 Å². The van der Waals surface area contributed by atoms with Crippen molar-refractivity contribution in [1.82, 2.24) is 15.2 Å². The molecule has 3 fully saturated rings. The summed E-state index contributed by atoms with van der Waals surface area (Å²) in [6, 6.07) is 12.1. The van der Waals surface area contributed by atoms with Crippen molar-refractivity contribution < 1.29 is 57.5 Å². The van der Waals surface area contributed by atoms with E-state index in [1.807, 2.05) is 68.4 Å². The summed E-state index contributed by atoms with van der Waals surface area (Å²) in [5.74, 6) is -6.09. The molecular formula is C45H61N3O12. The van der Waals surface area contributed by atoms with Crippen molar-refractivity contribution in [2.75, 3.05) is 20.7 Å². The van der Waals surface area contributed by atoms with E-state index in [0.717, 1.165) is 16.8 Å². The molecule has 0 bridgehead atoms. The number of carbonyl (C=O) groups excluding carboxylic acids is 5. The Hall–Kier alpha value is -4.70. The number of cyclic esters (lactones) is 1. The molecule has 2 aromatic rings. The van der Waals surface area contributed by atoms with E-state index in [9.17, 15) is 29.1 Å². The minimum absolute atomic E-state index is 0.184. The van der Waals surface area contributed by atoms with Crippen LogP contribution < -0.4 is 5.32 Å². The molecule has 1 amide bonds. The molecule has 5 rings (SSSR count). The van der Waals surface area contributed by atoms with Gasteiger partial charge in [0.05, 0.1) is 17.8 Å². The van der Waals surface area contributed by atoms with Crippen molar-refractivity contribution in [3.05, 3.63) is 60.3 Å². The molecule has 3 saturated heterocycles. The quantitative estimate of drug-likeness (QED) is 0.176. The number of benzene rings is 1. The number of pyridine rings is 1. The van der Waals surface area contributed by atoms with Gasteiger partial charge in [0, 0.05) is 35.6 Å². The number of esters is 1. The fourth-order valence-electron chi connectivity index (χ4n) is 8.90. The van der Waals surface area contributed by atoms with Gasteiger partial charge in [-0.05, 0) is 84.8 Å². The first-order valence-corrected chi connectivity index (χ1v) is 20.8. The molecule has 0 aliphatic carbocycles. The highest BCUT2D eigenvalue weighted by Crippen LogP contribution is 2.40. The van der Waals surface area contributed by atoms with E-state index in [1.165, 1.54) is 20.8 Å². The fourth-order valence-corrected chi connectivity index (χ4v) is 8.90. The Kier molecular flexibility index (Phi) is 14.9. The predicted octanol–water partition coefficient (Wildman–Crippen LogP) is 5.76. The molecule has 328 valence electrons. The highest BCUT2D eigenvalue weighted by Gasteiger charge is 2.57. The molecule has 1 aromatic heterocycles. The monoisotopic (exact) mass is 835 g/mol. The smallest absolute Gasteiger partial charge is 0.458 e. The third-order valence-electron chi connectivity index (χ3n) is 12.3. The number of nitrogens with zero attached hydrogens (tertiary/aromatic N) is 2. The Balaban J connectivity index is 1.48. The second kappa shape index (κ2) is 19.3. The van der Waals surface area contributed by atoms with Gasteiger partial charge in [0.1, 0.15) is 42.2 Å². The zero-order valence-corrected chi connectivity index (χ0v) is 36.3. The number of carbonyl (C=O) groups is 5. The van der Waals surface area contributed by atoms with Crippen LogP contribution in [0.3, 0.4) is 0 Å². The minimum Gasteiger partial charge on any atom is -0.458 e. The number of fused-ring (bicyclic) bond motifs is 1. The SMILES string of the molecule is CC[C@H]1OC(=O)[C@H](C)C(=O)[C@H](C)[C@@H](O[C@@H]2O[C@H](C)C[C@H](N(C)C)[C@H]2O)[C@](C)(OC(=O)OC/C=C/c2ccc(-c3ccccn3)cc2)C[C@@H](C)C(=O)[C@H](C)[C@H]2NC(=O)O[C@@]21C. The number of Topliss-reactive ketones (excluding diaryl/α,β-unsaturated/α-hetero) is 2. The van der Waals surface area contributed by atoms with Crippen LogP contribution in [0.2, 0.25) is 0 Å². The Morgan fingerprint density at radius 1 is 1.00 bits per heavy atom. The number of ether oxygens (including phenoxy) is 6. The second-order valence-corrected chi connectivity index (χ2v) is 17.1. The summed E-state index contributed by atoms with van der Waals surface area (Å²) in [6.07, 6.45) is -1.47. The molecular weight excluding hydrogens is 775 g/mol. The molecule has 15 nitrogen and oxygen atoms in total. The molecule has 0 saturated carbocycles. The maximum atomic E-state index is 14.4. The van der Waals surface area contributed by atoms with E-state index >= 15 is 0 Å². The van der Waals surface area contributed by atoms with E-state index in [1.54, 1.807) is 46.0 Å². The summed E-state index contributed by atoms with van der Waals surface area (Å²) in [5, 5.41) is 14.3. The lowest BCUT2D eigenvalue weighted by atomic mass is 9.73. The van der Waals surface area contributed by atoms with E-state index in [-0.39, 0.29) is 31.3 Å². The number of aliphatic hydroxyl groups excluding tert-OH is 1. The lowest BCUT2D eigenvalue weighted by Crippen LogP contribution is -2.60. The highest BCUT2D eigenvalue weighted by atomic mass is 16.8. The van der Waals surface area contributed by atoms with Gasteiger partial charge < -0.3 is 43.7 Å². The van der Waals surface area contributed by atoms with Gasteiger partial charge in [-0.2, -0.15) is 0 Å². The second-order valence-electron chi connectivity index (χ2n) is 17.1. The summed E-state index contributed by atoms with van der Waals surface area (Å²) in [7, 11) is 3.64. The van der Waals surface area contributed by atoms with Crippen LogP contribution in [0.25, 0.3) is 17.3 Å². The van der Waals surface area contributed by atoms with Crippen LogP contribution in [-0.4, -0.2) is 119 Å². The van der Waals surface area contributed by atoms with Crippen LogP contribution in [0, 0.1) is 23.7 Å². The molecule has 4 heterocycles. The maximum Gasteiger partial charge on any atom is 0.509 e. The van der Waals surface area contributed by atoms with Crippen molar-refractivity contribution >= 4 is 35.9 Å². The molecule has 13 atom stereocenters. The lowest BCUT2D eigenvalue weighted by molar-refractivity contribution is -0.293. The van der Waals surface area contributed by atoms with Gasteiger partial charge in [-0.15, -0.1) is 0 Å². The zero-order chi connectivity index (χ0) is 44.1. The minimum atomic E-state index is -1.80. The van der Waals surface area contributed by atoms with Gasteiger partial charge in [-0.25, -0.2) is 9.59 Å². The summed E-state index contributed by atoms with van der Waals surface area (Å²) in [5.41, 5.74) is -0.626. The predicted molar refractivity (Wildman–Crippen MR) is 220 cm³/mol. The highest BCUT2D eigenvalue weighted by molar-refractivity contribution is 6.00. The van der Waals surface area contributed by atoms with Gasteiger partial charge >= 0.3 is 18.2 Å². The van der Waals surface area contributed by atoms with Crippen LogP contribution in [0.15, 0.2) is 54.7 Å². The Morgan fingerprint density at radius 2 is 1.70 bits per heavy atom. The van der Waals surface area contributed by atoms with Crippen molar-refractivity contribution in [3.63, 3.8) is 0 Å². The third kappa shape index (κ3) is 10.2. The summed E-state index contributed by atoms with van der Waals surface area (Å²) >= 11 is 0. The number of ketones is 2. The Morgan fingerprint density at radius 3 is 2.33 bits per heavy atom. The molecule has 3 aliphatic rings. The van der Waals surface area contributed by atoms with Crippen LogP contribution in [-0.2, 0) is 42.8 Å². The number of hydrogen-bond donors (Lipinski definition) is 2. The van der Waals surface area contributed by atoms with Gasteiger partial charge in [0.25, 0.3) is 0 Å². The summed E-state index contributed by atoms with van der Waals surface area (Å²) in [4.78, 5) is 75.3. The van der Waals surface area contributed by atoms with Gasteiger partial charge in [0.15, 0.2) is 17.7 Å². The number of amides is 1. The largest absolute Gasteiger partial charge is 0.509 e. The van der Waals surface area contributed by atoms with Crippen LogP contribution in [0.4, 0.5) is 9.59 Å². The number of hydrogen-bond acceptors (Lipinski definition) is 14. The van der Waals surface area contributed by atoms with Crippen molar-refractivity contribution in [3.8, 4) is 11.3 Å². The van der Waals surface area contributed by atoms with Crippen LogP contribution in [0.5, 0.6) is 0 Å². The normalized spacial score (nSPS) is 35.6. The van der Waals surface area contributed by atoms with Crippen LogP contribution >= 0.6 is 0 Å². The molecule has 1 aromatic carbocycles. The summed E-state index contributed by atoms with van der Waals surface area (Å²) < 4.78 is 36.1. The summed E-state index contributed by atoms with van der Waals surface area (Å²) in [6.45, 7) is 12.8. The van der Waals surface area contributed by atoms with E-state index in [0.29, 0.717) is 6.42 Å². The first kappa shape index (κ1) is 46.4. The number of rotatable bonds is 9. The average Bonchev–Trinajstić information content (AvgIpc) is 3.53. The lowest BCUT2D eigenvalue weighted by Gasteiger charge is -2.46. The molecule has 0 radical (unpaired) electrons. The number of nitrogens with one attached hydrogen (secondary N) is 1. The molecule has 3 aliphatic heterocycles. The van der Waals surface area contributed by atoms with E-state index in [2.05, 4.69) is 10.3 Å². The average molecular weight is 836 g/mol. The Labute approximate surface area is 352 Å². The van der Waals surface area contributed by atoms with Crippen molar-refractivity contribution in [2.45, 2.75) is 129 Å². The first-order chi connectivity index (χ1) is 28.3. The standard InChI is InChI=1S/C45H61N3O12/c1-11-34-45(8)38(47-42(53)59-45)27(4)35(49)25(2)24-44(7,60-43(54)55-22-14-15-30-17-19-31(20-18-30)32-16-12-13-21-46-32)39(28(5)36(50)29(6)40(52)57-34)58-41-37(51)33(48(9)10)23-26(3)56-41/h12-21,25-29,33-34,37-39,41,51H,11,22-24H2,1-10H3,(H,47,53)/b15-14+/t25-,26-,27+,28+,29-,33+,34-,37-,38-,39-,41+,44-,45-/m1/s1. The topological polar surface area (TPSA) is 189 Å². The maximum absolute atomic E-state index is 14.4. The number of aromatic nitrogens is 1. The molecule has 2 N–H and O–H groups in total. The number of alkyl carbamates (subject to hydrolysis) is 1. The van der Waals surface area contributed by atoms with Crippen molar-refractivity contribution in [1.29, 1.82) is 0 Å². The van der Waals surface area contributed by atoms with Gasteiger partial charge in [0.2, 0.25) is 0 Å². The van der Waals surface area contributed by atoms with Crippen LogP contribution in [0.1, 0.15) is 80.2 Å². The first-order valence-electron chi connectivity index (χ1n) is 20.8. The molecule has 0 spiro atoms. The Bertz CT molecular complexity index is 1870. The van der Waals surface area contributed by atoms with E-state index < -0.39 is 95.6 Å². The third-order valence-corrected chi connectivity index (χ3v) is 12.3. The number of likely N-dealkylation sites (N-methyl/N-ethyl adjacent to an activating group) is 1. The van der Waals surface area contributed by atoms with E-state index in [4.69, 9.17) is 28.4 Å². The fraction of sp³-hybridized carbons (Fsp3) is 0.600.